The molecule has 1 N–H and O–H groups in total. The molecule has 0 bridgehead atoms. The average molecular weight is 227 g/mol. The predicted molar refractivity (Wildman–Crippen MR) is 59.4 cm³/mol. The van der Waals surface area contributed by atoms with Crippen LogP contribution in [0, 0.1) is 0 Å². The highest BCUT2D eigenvalue weighted by Gasteiger charge is 2.26. The van der Waals surface area contributed by atoms with Crippen molar-refractivity contribution in [3.63, 3.8) is 0 Å². The summed E-state index contributed by atoms with van der Waals surface area (Å²) in [5, 5.41) is 0. The first-order valence-corrected chi connectivity index (χ1v) is 8.87. The van der Waals surface area contributed by atoms with Crippen LogP contribution < -0.4 is 0 Å². The molecule has 0 aromatic rings. The molecule has 1 atom stereocenters. The van der Waals surface area contributed by atoms with Crippen LogP contribution in [-0.2, 0) is 15.5 Å². The smallest absolute Gasteiger partial charge is 0.304 e. The van der Waals surface area contributed by atoms with Crippen LogP contribution in [-0.4, -0.2) is 17.3 Å². The first-order valence-electron chi connectivity index (χ1n) is 4.23. The van der Waals surface area contributed by atoms with Gasteiger partial charge in [-0.05, 0) is 25.1 Å². The summed E-state index contributed by atoms with van der Waals surface area (Å²) in [5.41, 5.74) is -2.38. The summed E-state index contributed by atoms with van der Waals surface area (Å²) in [6.45, 7) is 0. The van der Waals surface area contributed by atoms with Gasteiger partial charge in [-0.25, -0.2) is 0 Å². The van der Waals surface area contributed by atoms with Crippen LogP contribution in [0.4, 0.5) is 0 Å². The van der Waals surface area contributed by atoms with Gasteiger partial charge in [-0.2, -0.15) is 0 Å². The van der Waals surface area contributed by atoms with E-state index in [4.69, 9.17) is 4.52 Å². The van der Waals surface area contributed by atoms with E-state index >= 15 is 0 Å². The van der Waals surface area contributed by atoms with Gasteiger partial charge in [0.15, 0.2) is 6.26 Å². The summed E-state index contributed by atoms with van der Waals surface area (Å²) in [5.74, 6) is 0. The van der Waals surface area contributed by atoms with E-state index < -0.39 is 5.69 Å². The van der Waals surface area contributed by atoms with Gasteiger partial charge in [0, 0.05) is 0 Å². The summed E-state index contributed by atoms with van der Waals surface area (Å²) in [4.78, 5) is 9.59. The Kier molecular flexibility index (Phi) is 4.55. The molecule has 12 heavy (non-hydrogen) atoms. The third-order valence-electron chi connectivity index (χ3n) is 2.08. The minimum atomic E-state index is -2.38. The lowest BCUT2D eigenvalue weighted by Gasteiger charge is -2.21. The molecule has 72 valence electrons. The Balaban J connectivity index is 2.39. The van der Waals surface area contributed by atoms with Gasteiger partial charge in [-0.1, -0.05) is 19.3 Å². The van der Waals surface area contributed by atoms with E-state index in [1.54, 1.807) is 0 Å². The minimum Gasteiger partial charge on any atom is -0.304 e. The number of hydrogen-bond donors (Lipinski definition) is 2. The second-order valence-corrected chi connectivity index (χ2v) is 9.61. The van der Waals surface area contributed by atoms with Crippen LogP contribution in [0.1, 0.15) is 32.1 Å². The molecule has 1 aliphatic rings. The van der Waals surface area contributed by atoms with Gasteiger partial charge in [0.25, 0.3) is 0 Å². The molecule has 1 fully saturated rings. The van der Waals surface area contributed by atoms with E-state index in [1.165, 1.54) is 30.2 Å². The quantitative estimate of drug-likeness (QED) is 0.431. The van der Waals surface area contributed by atoms with Crippen molar-refractivity contribution in [3.05, 3.63) is 0 Å². The monoisotopic (exact) mass is 227 g/mol. The van der Waals surface area contributed by atoms with E-state index in [-0.39, 0.29) is 6.10 Å². The molecule has 2 nitrogen and oxygen atoms in total. The van der Waals surface area contributed by atoms with Crippen LogP contribution in [0.15, 0.2) is 0 Å². The topological polar surface area (TPSA) is 29.5 Å². The molecule has 5 heteroatoms. The maximum absolute atomic E-state index is 9.59. The van der Waals surface area contributed by atoms with E-state index in [2.05, 4.69) is 12.2 Å². The maximum atomic E-state index is 9.59. The minimum absolute atomic E-state index is 0.252. The lowest BCUT2D eigenvalue weighted by molar-refractivity contribution is 0.161. The molecule has 1 rings (SSSR count). The molecule has 1 saturated carbocycles. The summed E-state index contributed by atoms with van der Waals surface area (Å²) < 4.78 is 5.52. The zero-order chi connectivity index (χ0) is 9.03. The number of rotatable bonds is 2. The van der Waals surface area contributed by atoms with Crippen LogP contribution in [0.3, 0.4) is 0 Å². The number of hydrogen-bond acceptors (Lipinski definition) is 1. The molecule has 1 aliphatic carbocycles. The second kappa shape index (κ2) is 4.97. The lowest BCUT2D eigenvalue weighted by Crippen LogP contribution is -2.14. The molecule has 0 amide bonds. The molecule has 0 radical (unpaired) electrons. The van der Waals surface area contributed by atoms with Gasteiger partial charge in [-0.15, -0.1) is 0 Å². The summed E-state index contributed by atoms with van der Waals surface area (Å²) in [7, 11) is 1.33. The van der Waals surface area contributed by atoms with Crippen molar-refractivity contribution in [2.45, 2.75) is 38.2 Å². The molecular weight excluding hydrogens is 211 g/mol. The first-order chi connectivity index (χ1) is 5.64. The summed E-state index contributed by atoms with van der Waals surface area (Å²) >= 11 is 4.10. The highest BCUT2D eigenvalue weighted by molar-refractivity contribution is 8.62. The zero-order valence-electron chi connectivity index (χ0n) is 7.27. The molecular formula is C7H16O2PS2+. The summed E-state index contributed by atoms with van der Waals surface area (Å²) in [6, 6.07) is 0. The van der Waals surface area contributed by atoms with Crippen molar-refractivity contribution in [1.82, 2.24) is 0 Å². The molecule has 0 heterocycles. The fourth-order valence-electron chi connectivity index (χ4n) is 1.41. The Morgan fingerprint density at radius 3 is 2.50 bits per heavy atom. The van der Waals surface area contributed by atoms with Gasteiger partial charge in [-0.3, -0.25) is 4.52 Å². The van der Waals surface area contributed by atoms with E-state index in [9.17, 15) is 4.89 Å². The fraction of sp³-hybridized carbons (Fsp3) is 1.00. The second-order valence-electron chi connectivity index (χ2n) is 3.04. The van der Waals surface area contributed by atoms with Gasteiger partial charge >= 0.3 is 5.69 Å². The van der Waals surface area contributed by atoms with Crippen molar-refractivity contribution in [2.24, 2.45) is 0 Å². The molecule has 0 saturated heterocycles. The molecule has 1 unspecified atom stereocenters. The van der Waals surface area contributed by atoms with E-state index in [1.807, 2.05) is 6.26 Å². The highest BCUT2D eigenvalue weighted by atomic mass is 32.9. The van der Waals surface area contributed by atoms with Crippen LogP contribution in [0.5, 0.6) is 0 Å². The van der Waals surface area contributed by atoms with Gasteiger partial charge in [0.1, 0.15) is 0 Å². The van der Waals surface area contributed by atoms with Crippen molar-refractivity contribution in [2.75, 3.05) is 6.26 Å². The molecule has 0 aromatic heterocycles. The Labute approximate surface area is 83.0 Å². The van der Waals surface area contributed by atoms with Crippen molar-refractivity contribution in [1.29, 1.82) is 0 Å². The largest absolute Gasteiger partial charge is 0.429 e. The van der Waals surface area contributed by atoms with Gasteiger partial charge in [0.2, 0.25) is 10.9 Å². The Morgan fingerprint density at radius 2 is 2.00 bits per heavy atom. The SMILES string of the molecule is C[S+]=P(O)(S)OC1CCCCC1. The van der Waals surface area contributed by atoms with E-state index in [0.717, 1.165) is 12.8 Å². The first kappa shape index (κ1) is 11.0. The van der Waals surface area contributed by atoms with Crippen molar-refractivity contribution < 1.29 is 9.42 Å². The molecule has 0 aliphatic heterocycles. The van der Waals surface area contributed by atoms with E-state index in [0.29, 0.717) is 0 Å². The summed E-state index contributed by atoms with van der Waals surface area (Å²) in [6.07, 6.45) is 8.03. The highest BCUT2D eigenvalue weighted by Crippen LogP contribution is 2.51. The average Bonchev–Trinajstić information content (AvgIpc) is 2.06. The Hall–Kier alpha value is 0.920. The predicted octanol–water partition coefficient (Wildman–Crippen LogP) is 2.65. The molecule has 0 spiro atoms. The number of thiol groups is 1. The van der Waals surface area contributed by atoms with Crippen LogP contribution in [0.2, 0.25) is 0 Å². The Morgan fingerprint density at radius 1 is 1.42 bits per heavy atom. The van der Waals surface area contributed by atoms with Gasteiger partial charge < -0.3 is 4.89 Å². The van der Waals surface area contributed by atoms with Crippen LogP contribution in [0.25, 0.3) is 0 Å². The third-order valence-corrected chi connectivity index (χ3v) is 6.56. The third kappa shape index (κ3) is 3.75. The van der Waals surface area contributed by atoms with Crippen LogP contribution >= 0.6 is 17.9 Å². The van der Waals surface area contributed by atoms with Crippen molar-refractivity contribution >= 4 is 28.9 Å². The zero-order valence-corrected chi connectivity index (χ0v) is 9.88. The molecule has 0 aromatic carbocycles. The lowest BCUT2D eigenvalue weighted by atomic mass is 9.98. The standard InChI is InChI=1S/C7H16O2PS2/c1-12-10(8,11)9-7-5-3-2-4-6-7/h7-8,11H,2-6H2,1H3/q+1. The maximum Gasteiger partial charge on any atom is 0.429 e. The fourth-order valence-corrected chi connectivity index (χ4v) is 3.12. The Bertz CT molecular complexity index is 184. The van der Waals surface area contributed by atoms with Crippen molar-refractivity contribution in [3.8, 4) is 0 Å². The van der Waals surface area contributed by atoms with Gasteiger partial charge in [0.05, 0.1) is 6.10 Å². The normalized spacial score (nSPS) is 24.9.